The molecule has 0 saturated carbocycles. The summed E-state index contributed by atoms with van der Waals surface area (Å²) in [4.78, 5) is 12.3. The molecule has 0 aromatic rings. The monoisotopic (exact) mass is 590 g/mol. The van der Waals surface area contributed by atoms with E-state index in [2.05, 4.69) is 55.6 Å². The summed E-state index contributed by atoms with van der Waals surface area (Å²) in [5, 5.41) is 32.8. The van der Waals surface area contributed by atoms with E-state index < -0.39 is 18.2 Å². The minimum atomic E-state index is -0.963. The molecule has 0 fully saturated rings. The first-order chi connectivity index (χ1) is 20.5. The van der Waals surface area contributed by atoms with E-state index >= 15 is 0 Å². The molecule has 0 rings (SSSR count). The van der Waals surface area contributed by atoms with Gasteiger partial charge in [-0.05, 0) is 64.2 Å². The van der Waals surface area contributed by atoms with Gasteiger partial charge in [0.1, 0.15) is 0 Å². The van der Waals surface area contributed by atoms with Gasteiger partial charge in [-0.2, -0.15) is 0 Å². The van der Waals surface area contributed by atoms with Crippen LogP contribution in [0.1, 0.15) is 155 Å². The molecule has 0 heterocycles. The highest BCUT2D eigenvalue weighted by molar-refractivity contribution is 5.76. The van der Waals surface area contributed by atoms with Crippen LogP contribution < -0.4 is 5.32 Å². The summed E-state index contributed by atoms with van der Waals surface area (Å²) in [5.41, 5.74) is 0. The van der Waals surface area contributed by atoms with Crippen LogP contribution in [0.5, 0.6) is 0 Å². The van der Waals surface area contributed by atoms with Crippen molar-refractivity contribution in [2.24, 2.45) is 0 Å². The minimum absolute atomic E-state index is 0.0154. The molecule has 4 N–H and O–H groups in total. The Morgan fingerprint density at radius 3 is 1.60 bits per heavy atom. The van der Waals surface area contributed by atoms with E-state index in [0.717, 1.165) is 51.4 Å². The summed E-state index contributed by atoms with van der Waals surface area (Å²) in [6.45, 7) is 4.10. The second kappa shape index (κ2) is 32.2. The van der Waals surface area contributed by atoms with Crippen LogP contribution in [-0.2, 0) is 4.79 Å². The summed E-state index contributed by atoms with van der Waals surface area (Å²) >= 11 is 0. The molecule has 1 amide bonds. The lowest BCUT2D eigenvalue weighted by Gasteiger charge is -2.20. The van der Waals surface area contributed by atoms with Gasteiger partial charge in [-0.25, -0.2) is 0 Å². The lowest BCUT2D eigenvalue weighted by atomic mass is 10.1. The molecule has 244 valence electrons. The smallest absolute Gasteiger partial charge is 0.222 e. The molecular formula is C37H67NO4. The van der Waals surface area contributed by atoms with Crippen molar-refractivity contribution >= 4 is 5.91 Å². The zero-order valence-corrected chi connectivity index (χ0v) is 27.4. The molecule has 42 heavy (non-hydrogen) atoms. The number of carbonyl (C=O) groups is 1. The van der Waals surface area contributed by atoms with Gasteiger partial charge in [0.25, 0.3) is 0 Å². The Labute approximate surface area is 259 Å². The van der Waals surface area contributed by atoms with Crippen molar-refractivity contribution in [3.05, 3.63) is 48.6 Å². The van der Waals surface area contributed by atoms with E-state index in [-0.39, 0.29) is 18.9 Å². The Hall–Kier alpha value is -1.69. The second-order valence-corrected chi connectivity index (χ2v) is 11.7. The Balaban J connectivity index is 3.85. The van der Waals surface area contributed by atoms with Crippen LogP contribution in [-0.4, -0.2) is 46.1 Å². The molecule has 0 aliphatic heterocycles. The molecule has 0 aliphatic carbocycles. The highest BCUT2D eigenvalue weighted by Crippen LogP contribution is 2.11. The molecule has 0 aromatic carbocycles. The number of amides is 1. The average Bonchev–Trinajstić information content (AvgIpc) is 2.98. The van der Waals surface area contributed by atoms with Gasteiger partial charge in [-0.1, -0.05) is 133 Å². The van der Waals surface area contributed by atoms with E-state index in [1.165, 1.54) is 77.0 Å². The van der Waals surface area contributed by atoms with Gasteiger partial charge in [0.2, 0.25) is 5.91 Å². The lowest BCUT2D eigenvalue weighted by Crippen LogP contribution is -2.45. The molecular weight excluding hydrogens is 522 g/mol. The maximum absolute atomic E-state index is 12.3. The van der Waals surface area contributed by atoms with Crippen LogP contribution >= 0.6 is 0 Å². The zero-order chi connectivity index (χ0) is 30.9. The summed E-state index contributed by atoms with van der Waals surface area (Å²) in [7, 11) is 0. The number of hydrogen-bond donors (Lipinski definition) is 4. The number of unbranched alkanes of at least 4 members (excludes halogenated alkanes) is 15. The predicted molar refractivity (Wildman–Crippen MR) is 181 cm³/mol. The topological polar surface area (TPSA) is 89.8 Å². The fourth-order valence-corrected chi connectivity index (χ4v) is 4.82. The van der Waals surface area contributed by atoms with Gasteiger partial charge >= 0.3 is 0 Å². The van der Waals surface area contributed by atoms with Crippen molar-refractivity contribution in [3.63, 3.8) is 0 Å². The quantitative estimate of drug-likeness (QED) is 0.0497. The number of aliphatic hydroxyl groups excluding tert-OH is 3. The normalized spacial score (nSPS) is 14.5. The van der Waals surface area contributed by atoms with Crippen LogP contribution in [0.2, 0.25) is 0 Å². The van der Waals surface area contributed by atoms with Crippen molar-refractivity contribution in [1.82, 2.24) is 5.32 Å². The number of carbonyl (C=O) groups excluding carboxylic acids is 1. The third-order valence-corrected chi connectivity index (χ3v) is 7.57. The first-order valence-corrected chi connectivity index (χ1v) is 17.4. The van der Waals surface area contributed by atoms with Crippen LogP contribution in [0.3, 0.4) is 0 Å². The number of allylic oxidation sites excluding steroid dienone is 7. The van der Waals surface area contributed by atoms with E-state index in [1.54, 1.807) is 6.08 Å². The Bertz CT molecular complexity index is 700. The van der Waals surface area contributed by atoms with Crippen molar-refractivity contribution in [3.8, 4) is 0 Å². The Morgan fingerprint density at radius 1 is 0.595 bits per heavy atom. The molecule has 5 nitrogen and oxygen atoms in total. The predicted octanol–water partition coefficient (Wildman–Crippen LogP) is 9.03. The lowest BCUT2D eigenvalue weighted by molar-refractivity contribution is -0.124. The van der Waals surface area contributed by atoms with Crippen molar-refractivity contribution in [2.45, 2.75) is 173 Å². The maximum atomic E-state index is 12.3. The van der Waals surface area contributed by atoms with Crippen LogP contribution in [0.4, 0.5) is 0 Å². The van der Waals surface area contributed by atoms with Crippen LogP contribution in [0.15, 0.2) is 48.6 Å². The van der Waals surface area contributed by atoms with Gasteiger partial charge in [0.15, 0.2) is 0 Å². The van der Waals surface area contributed by atoms with Gasteiger partial charge in [0.05, 0.1) is 31.3 Å². The van der Waals surface area contributed by atoms with Crippen LogP contribution in [0, 0.1) is 0 Å². The molecule has 0 bridgehead atoms. The minimum Gasteiger partial charge on any atom is -0.394 e. The molecule has 0 aliphatic rings. The molecule has 3 atom stereocenters. The summed E-state index contributed by atoms with van der Waals surface area (Å²) in [5.74, 6) is -0.349. The third kappa shape index (κ3) is 28.4. The van der Waals surface area contributed by atoms with Gasteiger partial charge in [-0.15, -0.1) is 0 Å². The first kappa shape index (κ1) is 40.3. The fraction of sp³-hybridized carbons (Fsp3) is 0.757. The van der Waals surface area contributed by atoms with Gasteiger partial charge in [0, 0.05) is 0 Å². The van der Waals surface area contributed by atoms with E-state index in [9.17, 15) is 20.1 Å². The van der Waals surface area contributed by atoms with E-state index in [4.69, 9.17) is 0 Å². The molecule has 0 radical (unpaired) electrons. The zero-order valence-electron chi connectivity index (χ0n) is 27.4. The van der Waals surface area contributed by atoms with E-state index in [0.29, 0.717) is 6.42 Å². The molecule has 5 heteroatoms. The van der Waals surface area contributed by atoms with Crippen molar-refractivity contribution in [2.75, 3.05) is 6.61 Å². The highest BCUT2D eigenvalue weighted by Gasteiger charge is 2.19. The number of hydrogen-bond acceptors (Lipinski definition) is 4. The SMILES string of the molecule is CCCC/C=C\CCCCC(O)CC(=O)NC(CO)C(O)/C=C/CC/C=C/CC/C=C/CCCCCCCCCCC. The summed E-state index contributed by atoms with van der Waals surface area (Å²) in [6.07, 6.45) is 39.6. The Morgan fingerprint density at radius 2 is 1.05 bits per heavy atom. The van der Waals surface area contributed by atoms with Crippen LogP contribution in [0.25, 0.3) is 0 Å². The van der Waals surface area contributed by atoms with Gasteiger partial charge in [-0.3, -0.25) is 4.79 Å². The molecule has 0 spiro atoms. The Kier molecular flexibility index (Phi) is 30.9. The summed E-state index contributed by atoms with van der Waals surface area (Å²) in [6, 6.07) is -0.771. The highest BCUT2D eigenvalue weighted by atomic mass is 16.3. The molecule has 0 saturated heterocycles. The second-order valence-electron chi connectivity index (χ2n) is 11.7. The standard InChI is InChI=1S/C37H67NO4/c1-3-5-7-9-11-13-14-15-16-17-18-19-20-21-22-23-25-27-29-31-36(41)35(33-39)38-37(42)32-34(40)30-28-26-24-12-10-8-6-4-2/h10,12,18-19,22-23,29,31,34-36,39-41H,3-9,11,13-17,20-21,24-28,30,32-33H2,1-2H3,(H,38,42)/b12-10-,19-18+,23-22+,31-29+. The summed E-state index contributed by atoms with van der Waals surface area (Å²) < 4.78 is 0. The number of aliphatic hydroxyl groups is 3. The largest absolute Gasteiger partial charge is 0.394 e. The van der Waals surface area contributed by atoms with Crippen molar-refractivity contribution < 1.29 is 20.1 Å². The molecule has 3 unspecified atom stereocenters. The average molecular weight is 590 g/mol. The van der Waals surface area contributed by atoms with Gasteiger partial charge < -0.3 is 20.6 Å². The number of rotatable bonds is 30. The van der Waals surface area contributed by atoms with E-state index in [1.807, 2.05) is 6.08 Å². The maximum Gasteiger partial charge on any atom is 0.222 e. The first-order valence-electron chi connectivity index (χ1n) is 17.4. The fourth-order valence-electron chi connectivity index (χ4n) is 4.82. The third-order valence-electron chi connectivity index (χ3n) is 7.57. The van der Waals surface area contributed by atoms with Crippen molar-refractivity contribution in [1.29, 1.82) is 0 Å². The number of nitrogens with one attached hydrogen (secondary N) is 1. The molecule has 0 aromatic heterocycles.